The molecular weight excluding hydrogens is 464 g/mol. The number of amides is 1. The highest BCUT2D eigenvalue weighted by Gasteiger charge is 2.30. The van der Waals surface area contributed by atoms with E-state index in [1.54, 1.807) is 30.0 Å². The number of carbonyl (C=O) groups excluding carboxylic acids is 1. The van der Waals surface area contributed by atoms with Crippen molar-refractivity contribution >= 4 is 39.3 Å². The summed E-state index contributed by atoms with van der Waals surface area (Å²) in [4.78, 5) is 14.4. The molecular formula is C19H19ClN4O5S2. The van der Waals surface area contributed by atoms with Gasteiger partial charge in [0.05, 0.1) is 22.5 Å². The van der Waals surface area contributed by atoms with Gasteiger partial charge < -0.3 is 13.7 Å². The third kappa shape index (κ3) is 4.79. The van der Waals surface area contributed by atoms with Gasteiger partial charge in [-0.3, -0.25) is 4.79 Å². The topological polar surface area (TPSA) is 110 Å². The van der Waals surface area contributed by atoms with Crippen LogP contribution in [0.1, 0.15) is 5.76 Å². The summed E-state index contributed by atoms with van der Waals surface area (Å²) in [5.41, 5.74) is 0.712. The van der Waals surface area contributed by atoms with Gasteiger partial charge in [-0.1, -0.05) is 23.4 Å². The fraction of sp³-hybridized carbons (Fsp3) is 0.316. The molecule has 0 spiro atoms. The fourth-order valence-corrected chi connectivity index (χ4v) is 5.35. The molecule has 0 aliphatic carbocycles. The number of hydrogen-bond donors (Lipinski definition) is 0. The number of carbonyl (C=O) groups is 1. The predicted molar refractivity (Wildman–Crippen MR) is 114 cm³/mol. The summed E-state index contributed by atoms with van der Waals surface area (Å²) in [7, 11) is -3.61. The third-order valence-electron chi connectivity index (χ3n) is 4.86. The molecule has 0 radical (unpaired) electrons. The maximum atomic E-state index is 12.8. The van der Waals surface area contributed by atoms with E-state index in [9.17, 15) is 13.2 Å². The van der Waals surface area contributed by atoms with Crippen molar-refractivity contribution in [2.24, 2.45) is 0 Å². The molecule has 3 heterocycles. The highest BCUT2D eigenvalue weighted by molar-refractivity contribution is 7.99. The monoisotopic (exact) mass is 482 g/mol. The predicted octanol–water partition coefficient (Wildman–Crippen LogP) is 2.92. The van der Waals surface area contributed by atoms with E-state index in [1.807, 2.05) is 0 Å². The van der Waals surface area contributed by atoms with Crippen LogP contribution in [0.25, 0.3) is 11.5 Å². The van der Waals surface area contributed by atoms with E-state index in [0.29, 0.717) is 35.3 Å². The lowest BCUT2D eigenvalue weighted by molar-refractivity contribution is -0.129. The van der Waals surface area contributed by atoms with Crippen LogP contribution in [0.5, 0.6) is 0 Å². The molecule has 2 aromatic heterocycles. The number of piperazine rings is 1. The zero-order valence-electron chi connectivity index (χ0n) is 16.5. The van der Waals surface area contributed by atoms with Crippen molar-refractivity contribution in [1.82, 2.24) is 19.4 Å². The van der Waals surface area contributed by atoms with Crippen molar-refractivity contribution in [3.8, 4) is 11.5 Å². The Morgan fingerprint density at radius 1 is 1.13 bits per heavy atom. The van der Waals surface area contributed by atoms with Crippen molar-refractivity contribution in [3.63, 3.8) is 0 Å². The molecule has 1 fully saturated rings. The summed E-state index contributed by atoms with van der Waals surface area (Å²) in [5.74, 6) is 1.01. The highest BCUT2D eigenvalue weighted by Crippen LogP contribution is 2.26. The molecule has 0 unspecified atom stereocenters. The van der Waals surface area contributed by atoms with Gasteiger partial charge >= 0.3 is 0 Å². The first-order valence-corrected chi connectivity index (χ1v) is 12.2. The highest BCUT2D eigenvalue weighted by atomic mass is 35.5. The second kappa shape index (κ2) is 9.03. The number of furan rings is 1. The third-order valence-corrected chi connectivity index (χ3v) is 7.83. The van der Waals surface area contributed by atoms with Crippen LogP contribution in [0.4, 0.5) is 0 Å². The Kier molecular flexibility index (Phi) is 6.37. The summed E-state index contributed by atoms with van der Waals surface area (Å²) in [6.45, 7) is 2.88. The maximum Gasteiger partial charge on any atom is 0.277 e. The van der Waals surface area contributed by atoms with Gasteiger partial charge in [0, 0.05) is 31.2 Å². The van der Waals surface area contributed by atoms with Crippen LogP contribution in [0.15, 0.2) is 55.5 Å². The van der Waals surface area contributed by atoms with Gasteiger partial charge in [-0.05, 0) is 37.3 Å². The largest absolute Gasteiger partial charge is 0.469 e. The molecule has 1 saturated heterocycles. The van der Waals surface area contributed by atoms with Crippen molar-refractivity contribution in [3.05, 3.63) is 47.4 Å². The fourth-order valence-electron chi connectivity index (χ4n) is 3.13. The van der Waals surface area contributed by atoms with Crippen LogP contribution >= 0.6 is 23.4 Å². The Morgan fingerprint density at radius 3 is 2.48 bits per heavy atom. The lowest BCUT2D eigenvalue weighted by Gasteiger charge is -2.33. The minimum absolute atomic E-state index is 0.118. The average Bonchev–Trinajstić information content (AvgIpc) is 3.41. The van der Waals surface area contributed by atoms with E-state index in [1.165, 1.54) is 22.7 Å². The number of nitrogens with zero attached hydrogens (tertiary/aromatic N) is 4. The van der Waals surface area contributed by atoms with Crippen LogP contribution in [0.3, 0.4) is 0 Å². The van der Waals surface area contributed by atoms with Crippen molar-refractivity contribution in [1.29, 1.82) is 0 Å². The van der Waals surface area contributed by atoms with Gasteiger partial charge in [-0.15, -0.1) is 10.2 Å². The lowest BCUT2D eigenvalue weighted by Crippen LogP contribution is -2.50. The maximum absolute atomic E-state index is 12.8. The molecule has 4 rings (SSSR count). The van der Waals surface area contributed by atoms with E-state index in [0.717, 1.165) is 11.8 Å². The summed E-state index contributed by atoms with van der Waals surface area (Å²) < 4.78 is 37.7. The van der Waals surface area contributed by atoms with Gasteiger partial charge in [-0.25, -0.2) is 8.42 Å². The van der Waals surface area contributed by atoms with Crippen LogP contribution in [-0.4, -0.2) is 65.7 Å². The second-order valence-electron chi connectivity index (χ2n) is 6.79. The number of rotatable bonds is 6. The molecule has 164 valence electrons. The molecule has 3 aromatic rings. The number of aromatic nitrogens is 2. The normalized spacial score (nSPS) is 15.4. The molecule has 1 aliphatic rings. The van der Waals surface area contributed by atoms with E-state index in [2.05, 4.69) is 10.2 Å². The van der Waals surface area contributed by atoms with Crippen molar-refractivity contribution in [2.45, 2.75) is 17.0 Å². The zero-order valence-corrected chi connectivity index (χ0v) is 18.9. The smallest absolute Gasteiger partial charge is 0.277 e. The summed E-state index contributed by atoms with van der Waals surface area (Å²) in [5, 5.41) is 8.69. The van der Waals surface area contributed by atoms with E-state index < -0.39 is 10.0 Å². The van der Waals surface area contributed by atoms with E-state index in [4.69, 9.17) is 20.4 Å². The Labute approximate surface area is 188 Å². The van der Waals surface area contributed by atoms with Crippen LogP contribution in [0, 0.1) is 6.92 Å². The Balaban J connectivity index is 1.30. The van der Waals surface area contributed by atoms with Crippen molar-refractivity contribution in [2.75, 3.05) is 31.9 Å². The minimum atomic E-state index is -3.61. The van der Waals surface area contributed by atoms with Crippen molar-refractivity contribution < 1.29 is 22.0 Å². The molecule has 12 heteroatoms. The van der Waals surface area contributed by atoms with E-state index in [-0.39, 0.29) is 34.9 Å². The molecule has 31 heavy (non-hydrogen) atoms. The SMILES string of the molecule is Cc1occc1-c1nnc(SCC(=O)N2CCN(S(=O)(=O)c3ccc(Cl)cc3)CC2)o1. The van der Waals surface area contributed by atoms with Gasteiger partial charge in [-0.2, -0.15) is 4.31 Å². The zero-order chi connectivity index (χ0) is 22.0. The summed E-state index contributed by atoms with van der Waals surface area (Å²) in [6.07, 6.45) is 1.54. The molecule has 0 saturated carbocycles. The molecule has 0 bridgehead atoms. The first-order chi connectivity index (χ1) is 14.8. The Bertz CT molecular complexity index is 1170. The van der Waals surface area contributed by atoms with Crippen LogP contribution < -0.4 is 0 Å². The van der Waals surface area contributed by atoms with Gasteiger partial charge in [0.15, 0.2) is 0 Å². The number of aryl methyl sites for hydroxylation is 1. The molecule has 0 N–H and O–H groups in total. The van der Waals surface area contributed by atoms with Crippen LogP contribution in [0.2, 0.25) is 5.02 Å². The number of hydrogen-bond acceptors (Lipinski definition) is 8. The summed E-state index contributed by atoms with van der Waals surface area (Å²) >= 11 is 6.98. The molecule has 1 aliphatic heterocycles. The van der Waals surface area contributed by atoms with Gasteiger partial charge in [0.2, 0.25) is 15.9 Å². The first kappa shape index (κ1) is 21.9. The minimum Gasteiger partial charge on any atom is -0.469 e. The number of benzene rings is 1. The Morgan fingerprint density at radius 2 is 1.84 bits per heavy atom. The number of halogens is 1. The molecule has 0 atom stereocenters. The second-order valence-corrected chi connectivity index (χ2v) is 10.1. The van der Waals surface area contributed by atoms with Gasteiger partial charge in [0.25, 0.3) is 11.1 Å². The average molecular weight is 483 g/mol. The lowest BCUT2D eigenvalue weighted by atomic mass is 10.3. The Hall–Kier alpha value is -2.34. The molecule has 1 aromatic carbocycles. The van der Waals surface area contributed by atoms with Crippen LogP contribution in [-0.2, 0) is 14.8 Å². The van der Waals surface area contributed by atoms with E-state index >= 15 is 0 Å². The molecule has 9 nitrogen and oxygen atoms in total. The first-order valence-electron chi connectivity index (χ1n) is 9.39. The standard InChI is InChI=1S/C19H19ClN4O5S2/c1-13-16(6-11-28-13)18-21-22-19(29-18)30-12-17(25)23-7-9-24(10-8-23)31(26,27)15-4-2-14(20)3-5-15/h2-6,11H,7-10,12H2,1H3. The molecule has 1 amide bonds. The quantitative estimate of drug-likeness (QED) is 0.493. The number of thioether (sulfide) groups is 1. The number of sulfonamides is 1. The summed E-state index contributed by atoms with van der Waals surface area (Å²) in [6, 6.07) is 7.79. The van der Waals surface area contributed by atoms with Gasteiger partial charge in [0.1, 0.15) is 5.76 Å².